The number of esters is 1. The van der Waals surface area contributed by atoms with Crippen LogP contribution in [-0.2, 0) is 4.74 Å². The highest BCUT2D eigenvalue weighted by Gasteiger charge is 2.21. The molecule has 38 heavy (non-hydrogen) atoms. The molecule has 0 atom stereocenters. The number of nitro groups is 1. The molecule has 4 heterocycles. The van der Waals surface area contributed by atoms with Gasteiger partial charge in [0.05, 0.1) is 39.2 Å². The molecule has 0 fully saturated rings. The number of carbonyl (C=O) groups excluding carboxylic acids is 2. The van der Waals surface area contributed by atoms with Crippen LogP contribution in [0.15, 0.2) is 61.1 Å². The summed E-state index contributed by atoms with van der Waals surface area (Å²) in [7, 11) is 0. The molecule has 0 saturated heterocycles. The Balaban J connectivity index is 1.59. The standard InChI is InChI=1S/C23H16FN7O6S/c24-14-2-1-3-15(10-14)30-20-16(11-25-30)19(26-21(33)17-4-5-18(38-17)31(35)36)27-23(28-20)29-7-6-13(12-29)22(34)37-9-8-32/h1-7,10-12,32H,8-9H2,(H,26,27,28,33). The van der Waals surface area contributed by atoms with E-state index in [9.17, 15) is 24.1 Å². The van der Waals surface area contributed by atoms with E-state index in [0.717, 1.165) is 0 Å². The predicted octanol–water partition coefficient (Wildman–Crippen LogP) is 3.12. The molecule has 0 aliphatic rings. The van der Waals surface area contributed by atoms with Gasteiger partial charge in [-0.25, -0.2) is 13.9 Å². The van der Waals surface area contributed by atoms with Crippen LogP contribution in [-0.4, -0.2) is 59.4 Å². The summed E-state index contributed by atoms with van der Waals surface area (Å²) in [5, 5.41) is 26.9. The van der Waals surface area contributed by atoms with Crippen molar-refractivity contribution in [2.24, 2.45) is 0 Å². The number of carbonyl (C=O) groups is 2. The van der Waals surface area contributed by atoms with Gasteiger partial charge in [-0.3, -0.25) is 19.5 Å². The number of nitrogens with zero attached hydrogens (tertiary/aromatic N) is 6. The summed E-state index contributed by atoms with van der Waals surface area (Å²) >= 11 is 0.700. The molecule has 0 bridgehead atoms. The fourth-order valence-corrected chi connectivity index (χ4v) is 4.20. The first-order valence-electron chi connectivity index (χ1n) is 10.9. The van der Waals surface area contributed by atoms with Gasteiger partial charge in [-0.1, -0.05) is 17.4 Å². The minimum Gasteiger partial charge on any atom is -0.460 e. The van der Waals surface area contributed by atoms with Gasteiger partial charge in [0.15, 0.2) is 5.65 Å². The zero-order valence-electron chi connectivity index (χ0n) is 19.1. The zero-order valence-corrected chi connectivity index (χ0v) is 20.0. The molecule has 5 aromatic rings. The number of thiophene rings is 1. The summed E-state index contributed by atoms with van der Waals surface area (Å²) in [6, 6.07) is 9.65. The second-order valence-electron chi connectivity index (χ2n) is 7.66. The van der Waals surface area contributed by atoms with E-state index < -0.39 is 22.6 Å². The van der Waals surface area contributed by atoms with E-state index in [1.165, 1.54) is 64.2 Å². The van der Waals surface area contributed by atoms with Gasteiger partial charge in [0.1, 0.15) is 18.2 Å². The van der Waals surface area contributed by atoms with Crippen molar-refractivity contribution in [3.63, 3.8) is 0 Å². The van der Waals surface area contributed by atoms with Gasteiger partial charge < -0.3 is 15.2 Å². The number of nitrogens with one attached hydrogen (secondary N) is 1. The second kappa shape index (κ2) is 10.2. The van der Waals surface area contributed by atoms with E-state index in [-0.39, 0.29) is 46.1 Å². The number of fused-ring (bicyclic) bond motifs is 1. The minimum atomic E-state index is -0.670. The maximum Gasteiger partial charge on any atom is 0.339 e. The van der Waals surface area contributed by atoms with Gasteiger partial charge in [-0.15, -0.1) is 0 Å². The molecule has 1 aromatic carbocycles. The lowest BCUT2D eigenvalue weighted by molar-refractivity contribution is -0.380. The van der Waals surface area contributed by atoms with Crippen LogP contribution in [0.3, 0.4) is 0 Å². The number of amides is 1. The van der Waals surface area contributed by atoms with Crippen LogP contribution < -0.4 is 5.32 Å². The van der Waals surface area contributed by atoms with Crippen LogP contribution in [0.1, 0.15) is 20.0 Å². The summed E-state index contributed by atoms with van der Waals surface area (Å²) in [5.41, 5.74) is 0.736. The molecular weight excluding hydrogens is 521 g/mol. The largest absolute Gasteiger partial charge is 0.460 e. The van der Waals surface area contributed by atoms with Gasteiger partial charge in [-0.05, 0) is 30.3 Å². The number of rotatable bonds is 8. The Bertz CT molecular complexity index is 1690. The van der Waals surface area contributed by atoms with E-state index in [1.807, 2.05) is 0 Å². The fourth-order valence-electron chi connectivity index (χ4n) is 3.48. The maximum absolute atomic E-state index is 13.9. The number of hydrogen-bond donors (Lipinski definition) is 2. The van der Waals surface area contributed by atoms with Crippen molar-refractivity contribution >= 4 is 45.1 Å². The van der Waals surface area contributed by atoms with Crippen molar-refractivity contribution in [3.8, 4) is 11.6 Å². The summed E-state index contributed by atoms with van der Waals surface area (Å²) in [6.07, 6.45) is 4.29. The van der Waals surface area contributed by atoms with Crippen LogP contribution in [0.5, 0.6) is 0 Å². The van der Waals surface area contributed by atoms with Crippen LogP contribution in [0.2, 0.25) is 0 Å². The van der Waals surface area contributed by atoms with Gasteiger partial charge >= 0.3 is 11.0 Å². The highest BCUT2D eigenvalue weighted by Crippen LogP contribution is 2.28. The summed E-state index contributed by atoms with van der Waals surface area (Å²) in [5.74, 6) is -1.74. The molecule has 192 valence electrons. The molecule has 1 amide bonds. The molecule has 13 nitrogen and oxygen atoms in total. The van der Waals surface area contributed by atoms with Crippen molar-refractivity contribution in [2.45, 2.75) is 0 Å². The highest BCUT2D eigenvalue weighted by atomic mass is 32.1. The second-order valence-corrected chi connectivity index (χ2v) is 8.72. The quantitative estimate of drug-likeness (QED) is 0.172. The van der Waals surface area contributed by atoms with Gasteiger partial charge in [0.25, 0.3) is 5.91 Å². The number of aliphatic hydroxyl groups is 1. The molecule has 2 N–H and O–H groups in total. The van der Waals surface area contributed by atoms with Crippen molar-refractivity contribution in [1.82, 2.24) is 24.3 Å². The van der Waals surface area contributed by atoms with Crippen LogP contribution in [0.4, 0.5) is 15.2 Å². The third kappa shape index (κ3) is 4.82. The van der Waals surface area contributed by atoms with E-state index in [4.69, 9.17) is 9.84 Å². The van der Waals surface area contributed by atoms with E-state index in [0.29, 0.717) is 22.4 Å². The normalized spacial score (nSPS) is 11.0. The van der Waals surface area contributed by atoms with Crippen molar-refractivity contribution in [3.05, 3.63) is 87.4 Å². The number of anilines is 1. The molecule has 0 radical (unpaired) electrons. The Labute approximate surface area is 215 Å². The molecule has 0 unspecified atom stereocenters. The first kappa shape index (κ1) is 24.7. The number of aromatic nitrogens is 5. The molecule has 15 heteroatoms. The molecule has 0 saturated carbocycles. The lowest BCUT2D eigenvalue weighted by Gasteiger charge is -2.09. The lowest BCUT2D eigenvalue weighted by atomic mass is 10.3. The van der Waals surface area contributed by atoms with Crippen LogP contribution in [0, 0.1) is 15.9 Å². The van der Waals surface area contributed by atoms with Gasteiger partial charge in [-0.2, -0.15) is 15.1 Å². The smallest absolute Gasteiger partial charge is 0.339 e. The molecule has 5 rings (SSSR count). The maximum atomic E-state index is 13.9. The van der Waals surface area contributed by atoms with E-state index in [1.54, 1.807) is 6.07 Å². The molecule has 0 spiro atoms. The van der Waals surface area contributed by atoms with E-state index >= 15 is 0 Å². The number of benzene rings is 1. The summed E-state index contributed by atoms with van der Waals surface area (Å²) < 4.78 is 21.6. The van der Waals surface area contributed by atoms with Gasteiger partial charge in [0, 0.05) is 18.5 Å². The van der Waals surface area contributed by atoms with E-state index in [2.05, 4.69) is 20.4 Å². The Morgan fingerprint density at radius 2 is 2.05 bits per heavy atom. The van der Waals surface area contributed by atoms with Crippen LogP contribution in [0.25, 0.3) is 22.7 Å². The van der Waals surface area contributed by atoms with Crippen molar-refractivity contribution in [2.75, 3.05) is 18.5 Å². The average molecular weight is 537 g/mol. The third-order valence-corrected chi connectivity index (χ3v) is 6.22. The number of hydrogen-bond acceptors (Lipinski definition) is 10. The SMILES string of the molecule is O=C(OCCO)c1ccn(-c2nc(NC(=O)c3ccc([N+](=O)[O-])s3)c3cnn(-c4cccc(F)c4)c3n2)c1. The molecule has 0 aliphatic heterocycles. The average Bonchev–Trinajstić information content (AvgIpc) is 3.66. The fraction of sp³-hybridized carbons (Fsp3) is 0.0870. The van der Waals surface area contributed by atoms with Gasteiger partial charge in [0.2, 0.25) is 5.95 Å². The Hall–Kier alpha value is -5.02. The monoisotopic (exact) mass is 537 g/mol. The third-order valence-electron chi connectivity index (χ3n) is 5.18. The zero-order chi connectivity index (χ0) is 26.8. The summed E-state index contributed by atoms with van der Waals surface area (Å²) in [4.78, 5) is 44.5. The van der Waals surface area contributed by atoms with Crippen molar-refractivity contribution in [1.29, 1.82) is 0 Å². The van der Waals surface area contributed by atoms with Crippen LogP contribution >= 0.6 is 11.3 Å². The first-order valence-corrected chi connectivity index (χ1v) is 11.7. The number of ether oxygens (including phenoxy) is 1. The topological polar surface area (TPSA) is 167 Å². The molecular formula is C23H16FN7O6S. The lowest BCUT2D eigenvalue weighted by Crippen LogP contribution is -2.14. The highest BCUT2D eigenvalue weighted by molar-refractivity contribution is 7.17. The number of aliphatic hydroxyl groups excluding tert-OH is 1. The number of halogens is 1. The summed E-state index contributed by atoms with van der Waals surface area (Å²) in [6.45, 7) is -0.497. The first-order chi connectivity index (χ1) is 18.3. The Morgan fingerprint density at radius 1 is 1.21 bits per heavy atom. The molecule has 4 aromatic heterocycles. The Kier molecular flexibility index (Phi) is 6.59. The predicted molar refractivity (Wildman–Crippen MR) is 132 cm³/mol. The minimum absolute atomic E-state index is 0.0318. The molecule has 0 aliphatic carbocycles. The Morgan fingerprint density at radius 3 is 2.79 bits per heavy atom. The van der Waals surface area contributed by atoms with Crippen molar-refractivity contribution < 1.29 is 28.7 Å².